The van der Waals surface area contributed by atoms with Gasteiger partial charge in [-0.2, -0.15) is 10.5 Å². The molecule has 160 valence electrons. The largest absolute Gasteiger partial charge is 0.459 e. The fraction of sp³-hybridized carbons (Fsp3) is 0.636. The molecule has 0 amide bonds. The summed E-state index contributed by atoms with van der Waals surface area (Å²) in [5, 5.41) is 22.8. The predicted molar refractivity (Wildman–Crippen MR) is 114 cm³/mol. The normalized spacial score (nSPS) is 25.3. The Morgan fingerprint density at radius 1 is 1.37 bits per heavy atom. The Bertz CT molecular complexity index is 943. The van der Waals surface area contributed by atoms with Gasteiger partial charge in [0, 0.05) is 19.1 Å². The molecule has 1 aromatic rings. The van der Waals surface area contributed by atoms with Crippen LogP contribution in [0.3, 0.4) is 0 Å². The van der Waals surface area contributed by atoms with Crippen LogP contribution in [0.4, 0.5) is 5.82 Å². The second-order valence-electron chi connectivity index (χ2n) is 9.20. The van der Waals surface area contributed by atoms with Crippen molar-refractivity contribution in [1.29, 1.82) is 10.5 Å². The van der Waals surface area contributed by atoms with Gasteiger partial charge in [-0.1, -0.05) is 18.5 Å². The van der Waals surface area contributed by atoms with E-state index in [0.29, 0.717) is 29.8 Å². The molecule has 2 bridgehead atoms. The highest BCUT2D eigenvalue weighted by Gasteiger charge is 2.53. The van der Waals surface area contributed by atoms with E-state index in [-0.39, 0.29) is 28.8 Å². The lowest BCUT2D eigenvalue weighted by molar-refractivity contribution is -0.164. The third-order valence-corrected chi connectivity index (χ3v) is 6.30. The van der Waals surface area contributed by atoms with E-state index in [1.54, 1.807) is 0 Å². The van der Waals surface area contributed by atoms with Crippen LogP contribution in [-0.4, -0.2) is 41.2 Å². The number of ether oxygens (including phenoxy) is 1. The first-order chi connectivity index (χ1) is 14.0. The number of nitrogens with one attached hydrogen (secondary N) is 1. The van der Waals surface area contributed by atoms with Crippen LogP contribution in [0, 0.1) is 22.7 Å². The van der Waals surface area contributed by atoms with Crippen molar-refractivity contribution >= 4 is 23.4 Å². The molecule has 2 saturated heterocycles. The number of pyridine rings is 1. The van der Waals surface area contributed by atoms with E-state index in [0.717, 1.165) is 19.3 Å². The van der Waals surface area contributed by atoms with Crippen molar-refractivity contribution in [3.05, 3.63) is 21.8 Å². The smallest absolute Gasteiger partial charge is 0.326 e. The van der Waals surface area contributed by atoms with Gasteiger partial charge in [0.1, 0.15) is 34.2 Å². The van der Waals surface area contributed by atoms with Crippen LogP contribution in [0.25, 0.3) is 0 Å². The highest BCUT2D eigenvalue weighted by molar-refractivity contribution is 6.30. The zero-order chi connectivity index (χ0) is 22.3. The summed E-state index contributed by atoms with van der Waals surface area (Å²) in [5.74, 6) is 0.236. The number of hydrogen-bond acceptors (Lipinski definition) is 7. The Morgan fingerprint density at radius 3 is 2.60 bits per heavy atom. The Balaban J connectivity index is 1.96. The average Bonchev–Trinajstić information content (AvgIpc) is 3.00. The van der Waals surface area contributed by atoms with Crippen LogP contribution >= 0.6 is 11.6 Å². The van der Waals surface area contributed by atoms with Gasteiger partial charge in [0.2, 0.25) is 0 Å². The molecule has 7 nitrogen and oxygen atoms in total. The number of aromatic nitrogens is 1. The van der Waals surface area contributed by atoms with Gasteiger partial charge in [-0.15, -0.1) is 0 Å². The molecule has 2 fully saturated rings. The lowest BCUT2D eigenvalue weighted by Gasteiger charge is -2.42. The van der Waals surface area contributed by atoms with Gasteiger partial charge >= 0.3 is 5.97 Å². The number of hydrogen-bond donors (Lipinski definition) is 1. The van der Waals surface area contributed by atoms with E-state index in [1.807, 2.05) is 39.6 Å². The number of rotatable bonds is 4. The summed E-state index contributed by atoms with van der Waals surface area (Å²) in [6.07, 6.45) is 3.51. The molecule has 3 rings (SSSR count). The summed E-state index contributed by atoms with van der Waals surface area (Å²) in [6.45, 7) is 7.50. The molecule has 3 atom stereocenters. The van der Waals surface area contributed by atoms with Crippen LogP contribution < -0.4 is 10.2 Å². The minimum atomic E-state index is -0.730. The quantitative estimate of drug-likeness (QED) is 0.577. The fourth-order valence-corrected chi connectivity index (χ4v) is 4.86. The number of piperidine rings is 1. The van der Waals surface area contributed by atoms with Crippen molar-refractivity contribution in [2.75, 3.05) is 11.9 Å². The zero-order valence-corrected chi connectivity index (χ0v) is 18.9. The molecular weight excluding hydrogens is 402 g/mol. The topological polar surface area (TPSA) is 102 Å². The van der Waals surface area contributed by atoms with Crippen LogP contribution in [0.2, 0.25) is 5.15 Å². The van der Waals surface area contributed by atoms with Crippen LogP contribution in [0.15, 0.2) is 0 Å². The summed E-state index contributed by atoms with van der Waals surface area (Å²) in [5.41, 5.74) is -0.0509. The SMILES string of the molecule is CCc1c(C#N)c(Cl)nc(N(C)C2CC3CCC(C(=O)OC(C)(C)C)(C2)N3)c1C#N. The number of carbonyl (C=O) groups is 1. The summed E-state index contributed by atoms with van der Waals surface area (Å²) < 4.78 is 5.72. The molecule has 1 N–H and O–H groups in total. The predicted octanol–water partition coefficient (Wildman–Crippen LogP) is 3.47. The van der Waals surface area contributed by atoms with Crippen LogP contribution in [0.1, 0.15) is 70.1 Å². The van der Waals surface area contributed by atoms with Gasteiger partial charge in [0.25, 0.3) is 0 Å². The first-order valence-corrected chi connectivity index (χ1v) is 10.7. The third-order valence-electron chi connectivity index (χ3n) is 6.03. The maximum atomic E-state index is 13.0. The van der Waals surface area contributed by atoms with E-state index >= 15 is 0 Å². The molecule has 30 heavy (non-hydrogen) atoms. The summed E-state index contributed by atoms with van der Waals surface area (Å²) in [4.78, 5) is 19.4. The first kappa shape index (κ1) is 22.3. The van der Waals surface area contributed by atoms with Gasteiger partial charge in [-0.05, 0) is 58.4 Å². The van der Waals surface area contributed by atoms with Gasteiger partial charge < -0.3 is 9.64 Å². The highest BCUT2D eigenvalue weighted by atomic mass is 35.5. The van der Waals surface area contributed by atoms with E-state index < -0.39 is 11.1 Å². The van der Waals surface area contributed by atoms with Gasteiger partial charge in [0.15, 0.2) is 0 Å². The van der Waals surface area contributed by atoms with Crippen molar-refractivity contribution < 1.29 is 9.53 Å². The summed E-state index contributed by atoms with van der Waals surface area (Å²) in [7, 11) is 1.88. The molecule has 0 saturated carbocycles. The Labute approximate surface area is 183 Å². The molecular formula is C22H28ClN5O2. The molecule has 2 aliphatic rings. The van der Waals surface area contributed by atoms with Crippen molar-refractivity contribution in [3.63, 3.8) is 0 Å². The average molecular weight is 430 g/mol. The van der Waals surface area contributed by atoms with E-state index in [1.165, 1.54) is 0 Å². The number of anilines is 1. The number of halogens is 1. The second-order valence-corrected chi connectivity index (χ2v) is 9.56. The Kier molecular flexibility index (Phi) is 6.00. The number of carbonyl (C=O) groups excluding carboxylic acids is 1. The minimum Gasteiger partial charge on any atom is -0.459 e. The number of esters is 1. The molecule has 0 spiro atoms. The van der Waals surface area contributed by atoms with Crippen molar-refractivity contribution in [2.24, 2.45) is 0 Å². The minimum absolute atomic E-state index is 0.0143. The van der Waals surface area contributed by atoms with Gasteiger partial charge in [0.05, 0.1) is 11.1 Å². The maximum absolute atomic E-state index is 13.0. The Morgan fingerprint density at radius 2 is 2.03 bits per heavy atom. The monoisotopic (exact) mass is 429 g/mol. The molecule has 0 aromatic carbocycles. The molecule has 0 aliphatic carbocycles. The van der Waals surface area contributed by atoms with E-state index in [9.17, 15) is 15.3 Å². The molecule has 3 heterocycles. The van der Waals surface area contributed by atoms with Crippen molar-refractivity contribution in [1.82, 2.24) is 10.3 Å². The van der Waals surface area contributed by atoms with Crippen molar-refractivity contribution in [3.8, 4) is 12.1 Å². The molecule has 0 radical (unpaired) electrons. The molecule has 8 heteroatoms. The first-order valence-electron chi connectivity index (χ1n) is 10.3. The van der Waals surface area contributed by atoms with E-state index in [2.05, 4.69) is 22.4 Å². The highest BCUT2D eigenvalue weighted by Crippen LogP contribution is 2.41. The standard InChI is InChI=1S/C22H28ClN5O2/c1-6-15-16(11-24)18(23)26-19(17(15)12-25)28(5)14-9-13-7-8-22(10-14,27-13)20(29)30-21(2,3)4/h13-14,27H,6-10H2,1-5H3. The second kappa shape index (κ2) is 8.06. The van der Waals surface area contributed by atoms with Crippen molar-refractivity contribution in [2.45, 2.75) is 83.0 Å². The molecule has 3 unspecified atom stereocenters. The maximum Gasteiger partial charge on any atom is 0.326 e. The third kappa shape index (κ3) is 3.97. The lowest BCUT2D eigenvalue weighted by atomic mass is 9.86. The number of nitriles is 2. The van der Waals surface area contributed by atoms with Gasteiger partial charge in [-0.3, -0.25) is 10.1 Å². The lowest BCUT2D eigenvalue weighted by Crippen LogP contribution is -2.60. The summed E-state index contributed by atoms with van der Waals surface area (Å²) in [6, 6.07) is 4.47. The van der Waals surface area contributed by atoms with E-state index in [4.69, 9.17) is 16.3 Å². The zero-order valence-electron chi connectivity index (χ0n) is 18.2. The Hall–Kier alpha value is -2.35. The fourth-order valence-electron chi connectivity index (χ4n) is 4.62. The molecule has 1 aromatic heterocycles. The van der Waals surface area contributed by atoms with Gasteiger partial charge in [-0.25, -0.2) is 4.98 Å². The number of nitrogens with zero attached hydrogens (tertiary/aromatic N) is 4. The molecule has 2 aliphatic heterocycles. The van der Waals surface area contributed by atoms with Crippen LogP contribution in [-0.2, 0) is 16.0 Å². The summed E-state index contributed by atoms with van der Waals surface area (Å²) >= 11 is 6.29. The van der Waals surface area contributed by atoms with Crippen LogP contribution in [0.5, 0.6) is 0 Å². The number of fused-ring (bicyclic) bond motifs is 2.